The Hall–Kier alpha value is -1.46. The van der Waals surface area contributed by atoms with Gasteiger partial charge in [-0.15, -0.1) is 5.10 Å². The molecule has 1 heterocycles. The highest BCUT2D eigenvalue weighted by molar-refractivity contribution is 5.73. The molecule has 1 N–H and O–H groups in total. The van der Waals surface area contributed by atoms with Crippen LogP contribution in [0.2, 0.25) is 0 Å². The van der Waals surface area contributed by atoms with Crippen molar-refractivity contribution in [1.82, 2.24) is 20.2 Å². The van der Waals surface area contributed by atoms with E-state index in [1.807, 2.05) is 6.92 Å². The van der Waals surface area contributed by atoms with Gasteiger partial charge in [0.2, 0.25) is 0 Å². The van der Waals surface area contributed by atoms with Crippen LogP contribution in [0.15, 0.2) is 0 Å². The maximum atomic E-state index is 11.3. The fourth-order valence-electron chi connectivity index (χ4n) is 1.62. The molecular weight excluding hydrogens is 232 g/mol. The van der Waals surface area contributed by atoms with Crippen LogP contribution < -0.4 is 0 Å². The predicted molar refractivity (Wildman–Crippen MR) is 67.2 cm³/mol. The van der Waals surface area contributed by atoms with Crippen molar-refractivity contribution in [3.05, 3.63) is 5.82 Å². The maximum absolute atomic E-state index is 11.3. The van der Waals surface area contributed by atoms with Crippen LogP contribution in [0.3, 0.4) is 0 Å². The molecule has 0 saturated carbocycles. The summed E-state index contributed by atoms with van der Waals surface area (Å²) in [5, 5.41) is 21.0. The van der Waals surface area contributed by atoms with Crippen molar-refractivity contribution in [1.29, 1.82) is 0 Å². The summed E-state index contributed by atoms with van der Waals surface area (Å²) in [6.45, 7) is 10.1. The van der Waals surface area contributed by atoms with Crippen LogP contribution >= 0.6 is 0 Å². The summed E-state index contributed by atoms with van der Waals surface area (Å²) in [6.07, 6.45) is 1.43. The molecule has 0 bridgehead atoms. The summed E-state index contributed by atoms with van der Waals surface area (Å²) in [6, 6.07) is 0. The first kappa shape index (κ1) is 14.6. The van der Waals surface area contributed by atoms with Gasteiger partial charge < -0.3 is 5.11 Å². The summed E-state index contributed by atoms with van der Waals surface area (Å²) in [5.74, 6) is -0.0771. The summed E-state index contributed by atoms with van der Waals surface area (Å²) in [7, 11) is 0. The molecule has 0 fully saturated rings. The van der Waals surface area contributed by atoms with E-state index in [1.165, 1.54) is 0 Å². The van der Waals surface area contributed by atoms with Gasteiger partial charge in [-0.2, -0.15) is 0 Å². The van der Waals surface area contributed by atoms with Crippen LogP contribution in [0, 0.1) is 5.41 Å². The summed E-state index contributed by atoms with van der Waals surface area (Å²) in [4.78, 5) is 11.3. The molecule has 1 atom stereocenters. The molecule has 0 aliphatic rings. The van der Waals surface area contributed by atoms with E-state index in [0.29, 0.717) is 13.0 Å². The Morgan fingerprint density at radius 2 is 1.89 bits per heavy atom. The first-order chi connectivity index (χ1) is 8.27. The molecular formula is C12H22N4O2. The lowest BCUT2D eigenvalue weighted by atomic mass is 9.86. The van der Waals surface area contributed by atoms with Gasteiger partial charge in [0.15, 0.2) is 5.82 Å². The minimum Gasteiger partial charge on any atom is -0.481 e. The average molecular weight is 254 g/mol. The highest BCUT2D eigenvalue weighted by Crippen LogP contribution is 2.28. The number of carbonyl (C=O) groups is 1. The lowest BCUT2D eigenvalue weighted by molar-refractivity contribution is -0.149. The van der Waals surface area contributed by atoms with E-state index < -0.39 is 11.4 Å². The zero-order chi connectivity index (χ0) is 14.0. The molecule has 6 heteroatoms. The largest absolute Gasteiger partial charge is 0.481 e. The van der Waals surface area contributed by atoms with E-state index in [1.54, 1.807) is 11.6 Å². The first-order valence-electron chi connectivity index (χ1n) is 6.27. The second-order valence-corrected chi connectivity index (χ2v) is 5.62. The van der Waals surface area contributed by atoms with Gasteiger partial charge >= 0.3 is 5.97 Å². The highest BCUT2D eigenvalue weighted by atomic mass is 16.4. The Kier molecular flexibility index (Phi) is 4.09. The normalized spacial score (nSPS) is 15.4. The second-order valence-electron chi connectivity index (χ2n) is 5.62. The van der Waals surface area contributed by atoms with Crippen molar-refractivity contribution in [2.75, 3.05) is 0 Å². The Balaban J connectivity index is 3.06. The Bertz CT molecular complexity index is 427. The van der Waals surface area contributed by atoms with Crippen molar-refractivity contribution in [2.45, 2.75) is 59.4 Å². The number of tetrazole rings is 1. The second kappa shape index (κ2) is 5.04. The van der Waals surface area contributed by atoms with Crippen molar-refractivity contribution < 1.29 is 9.90 Å². The molecule has 18 heavy (non-hydrogen) atoms. The number of hydrogen-bond acceptors (Lipinski definition) is 4. The SMILES string of the molecule is CCC(C)(Cn1nnnc1C(C)(C)CC)C(=O)O. The van der Waals surface area contributed by atoms with Crippen molar-refractivity contribution >= 4 is 5.97 Å². The zero-order valence-electron chi connectivity index (χ0n) is 11.8. The molecule has 0 amide bonds. The molecule has 0 spiro atoms. The number of rotatable bonds is 6. The molecule has 1 rings (SSSR count). The number of carboxylic acid groups (broad SMARTS) is 1. The monoisotopic (exact) mass is 254 g/mol. The quantitative estimate of drug-likeness (QED) is 0.838. The van der Waals surface area contributed by atoms with Crippen LogP contribution in [-0.4, -0.2) is 31.3 Å². The summed E-state index contributed by atoms with van der Waals surface area (Å²) >= 11 is 0. The maximum Gasteiger partial charge on any atom is 0.311 e. The van der Waals surface area contributed by atoms with Gasteiger partial charge in [0.1, 0.15) is 0 Å². The number of nitrogens with zero attached hydrogens (tertiary/aromatic N) is 4. The fourth-order valence-corrected chi connectivity index (χ4v) is 1.62. The van der Waals surface area contributed by atoms with E-state index in [-0.39, 0.29) is 5.41 Å². The molecule has 1 aromatic heterocycles. The number of aliphatic carboxylic acids is 1. The lowest BCUT2D eigenvalue weighted by Crippen LogP contribution is -2.34. The smallest absolute Gasteiger partial charge is 0.311 e. The number of hydrogen-bond donors (Lipinski definition) is 1. The van der Waals surface area contributed by atoms with Gasteiger partial charge in [-0.1, -0.05) is 27.7 Å². The van der Waals surface area contributed by atoms with Crippen LogP contribution in [0.25, 0.3) is 0 Å². The van der Waals surface area contributed by atoms with Gasteiger partial charge in [0.25, 0.3) is 0 Å². The molecule has 1 aromatic rings. The summed E-state index contributed by atoms with van der Waals surface area (Å²) in [5.41, 5.74) is -0.995. The predicted octanol–water partition coefficient (Wildman–Crippen LogP) is 1.86. The average Bonchev–Trinajstić information content (AvgIpc) is 2.77. The zero-order valence-corrected chi connectivity index (χ0v) is 11.8. The number of carboxylic acids is 1. The molecule has 0 aliphatic heterocycles. The standard InChI is InChI=1S/C12H22N4O2/c1-6-11(3,4)9-13-14-15-16(9)8-12(5,7-2)10(17)18/h6-8H2,1-5H3,(H,17,18). The van der Waals surface area contributed by atoms with E-state index in [0.717, 1.165) is 12.2 Å². The van der Waals surface area contributed by atoms with Crippen molar-refractivity contribution in [3.63, 3.8) is 0 Å². The third kappa shape index (κ3) is 2.68. The van der Waals surface area contributed by atoms with Gasteiger partial charge in [-0.05, 0) is 30.2 Å². The molecule has 0 radical (unpaired) electrons. The Labute approximate surface area is 107 Å². The molecule has 1 unspecified atom stereocenters. The Morgan fingerprint density at radius 1 is 1.28 bits per heavy atom. The molecule has 102 valence electrons. The van der Waals surface area contributed by atoms with E-state index in [4.69, 9.17) is 0 Å². The van der Waals surface area contributed by atoms with E-state index in [2.05, 4.69) is 36.3 Å². The first-order valence-corrected chi connectivity index (χ1v) is 6.27. The minimum atomic E-state index is -0.839. The van der Waals surface area contributed by atoms with Gasteiger partial charge in [-0.25, -0.2) is 4.68 Å². The molecule has 0 aliphatic carbocycles. The topological polar surface area (TPSA) is 80.9 Å². The van der Waals surface area contributed by atoms with E-state index >= 15 is 0 Å². The molecule has 0 saturated heterocycles. The molecule has 6 nitrogen and oxygen atoms in total. The van der Waals surface area contributed by atoms with E-state index in [9.17, 15) is 9.90 Å². The van der Waals surface area contributed by atoms with Gasteiger partial charge in [0.05, 0.1) is 12.0 Å². The van der Waals surface area contributed by atoms with Crippen LogP contribution in [0.5, 0.6) is 0 Å². The van der Waals surface area contributed by atoms with Crippen molar-refractivity contribution in [2.24, 2.45) is 5.41 Å². The van der Waals surface area contributed by atoms with Crippen LogP contribution in [-0.2, 0) is 16.8 Å². The van der Waals surface area contributed by atoms with Crippen molar-refractivity contribution in [3.8, 4) is 0 Å². The van der Waals surface area contributed by atoms with Gasteiger partial charge in [-0.3, -0.25) is 4.79 Å². The lowest BCUT2D eigenvalue weighted by Gasteiger charge is -2.26. The fraction of sp³-hybridized carbons (Fsp3) is 0.833. The van der Waals surface area contributed by atoms with Crippen LogP contribution in [0.1, 0.15) is 53.3 Å². The molecule has 0 aromatic carbocycles. The van der Waals surface area contributed by atoms with Crippen LogP contribution in [0.4, 0.5) is 0 Å². The Morgan fingerprint density at radius 3 is 2.33 bits per heavy atom. The highest BCUT2D eigenvalue weighted by Gasteiger charge is 2.35. The number of aromatic nitrogens is 4. The van der Waals surface area contributed by atoms with Gasteiger partial charge in [0, 0.05) is 5.41 Å². The third-order valence-corrected chi connectivity index (χ3v) is 3.82. The minimum absolute atomic E-state index is 0.156. The third-order valence-electron chi connectivity index (χ3n) is 3.82. The summed E-state index contributed by atoms with van der Waals surface area (Å²) < 4.78 is 1.63.